The van der Waals surface area contributed by atoms with Gasteiger partial charge in [0.05, 0.1) is 10.7 Å². The lowest BCUT2D eigenvalue weighted by molar-refractivity contribution is 1.05. The van der Waals surface area contributed by atoms with Gasteiger partial charge in [0.25, 0.3) is 0 Å². The van der Waals surface area contributed by atoms with Crippen LogP contribution in [0.3, 0.4) is 0 Å². The second-order valence-corrected chi connectivity index (χ2v) is 5.10. The molecule has 0 unspecified atom stereocenters. The minimum absolute atomic E-state index is 0.500. The van der Waals surface area contributed by atoms with Crippen molar-refractivity contribution in [3.8, 4) is 11.3 Å². The predicted octanol–water partition coefficient (Wildman–Crippen LogP) is 3.77. The molecule has 0 amide bonds. The van der Waals surface area contributed by atoms with Crippen LogP contribution in [0.5, 0.6) is 0 Å². The first-order chi connectivity index (χ1) is 9.17. The number of fused-ring (bicyclic) bond motifs is 1. The first kappa shape index (κ1) is 12.5. The second kappa shape index (κ2) is 4.85. The van der Waals surface area contributed by atoms with Gasteiger partial charge in [0.2, 0.25) is 0 Å². The van der Waals surface area contributed by atoms with Crippen molar-refractivity contribution in [2.24, 2.45) is 5.73 Å². The fourth-order valence-corrected chi connectivity index (χ4v) is 2.48. The summed E-state index contributed by atoms with van der Waals surface area (Å²) >= 11 is 12.1. The fraction of sp³-hybridized carbons (Fsp3) is 0.0714. The van der Waals surface area contributed by atoms with Gasteiger partial charge in [-0.2, -0.15) is 0 Å². The molecule has 0 spiro atoms. The molecule has 2 N–H and O–H groups in total. The largest absolute Gasteiger partial charge is 0.326 e. The van der Waals surface area contributed by atoms with E-state index in [1.165, 1.54) is 0 Å². The standard InChI is InChI=1S/C14H11Cl2N3/c15-10-1-2-11(12(16)6-10)13-8-19-4-3-9(7-17)5-14(19)18-13/h1-6,8H,7,17H2. The van der Waals surface area contributed by atoms with Crippen LogP contribution in [0, 0.1) is 0 Å². The highest BCUT2D eigenvalue weighted by molar-refractivity contribution is 6.36. The third-order valence-corrected chi connectivity index (χ3v) is 3.52. The molecule has 2 aromatic heterocycles. The third kappa shape index (κ3) is 2.32. The average Bonchev–Trinajstić information content (AvgIpc) is 2.80. The van der Waals surface area contributed by atoms with Crippen LogP contribution in [0.2, 0.25) is 10.0 Å². The molecule has 1 aromatic carbocycles. The number of nitrogens with zero attached hydrogens (tertiary/aromatic N) is 2. The Morgan fingerprint density at radius 3 is 2.74 bits per heavy atom. The van der Waals surface area contributed by atoms with Crippen molar-refractivity contribution in [2.75, 3.05) is 0 Å². The van der Waals surface area contributed by atoms with Crippen molar-refractivity contribution in [1.82, 2.24) is 9.38 Å². The first-order valence-electron chi connectivity index (χ1n) is 5.80. The van der Waals surface area contributed by atoms with E-state index in [-0.39, 0.29) is 0 Å². The van der Waals surface area contributed by atoms with Gasteiger partial charge < -0.3 is 10.1 Å². The van der Waals surface area contributed by atoms with Gasteiger partial charge in [-0.1, -0.05) is 23.2 Å². The Kier molecular flexibility index (Phi) is 3.19. The van der Waals surface area contributed by atoms with E-state index < -0.39 is 0 Å². The number of halogens is 2. The van der Waals surface area contributed by atoms with Crippen LogP contribution in [-0.4, -0.2) is 9.38 Å². The minimum atomic E-state index is 0.500. The van der Waals surface area contributed by atoms with E-state index in [2.05, 4.69) is 4.98 Å². The fourth-order valence-electron chi connectivity index (χ4n) is 1.98. The number of rotatable bonds is 2. The van der Waals surface area contributed by atoms with Crippen molar-refractivity contribution in [1.29, 1.82) is 0 Å². The first-order valence-corrected chi connectivity index (χ1v) is 6.56. The summed E-state index contributed by atoms with van der Waals surface area (Å²) in [5, 5.41) is 1.21. The molecule has 0 fully saturated rings. The molecule has 0 radical (unpaired) electrons. The molecule has 19 heavy (non-hydrogen) atoms. The lowest BCUT2D eigenvalue weighted by Gasteiger charge is -2.00. The van der Waals surface area contributed by atoms with E-state index in [9.17, 15) is 0 Å². The smallest absolute Gasteiger partial charge is 0.137 e. The van der Waals surface area contributed by atoms with Gasteiger partial charge in [0, 0.05) is 29.5 Å². The number of imidazole rings is 1. The molecule has 0 aliphatic heterocycles. The SMILES string of the molecule is NCc1ccn2cc(-c3ccc(Cl)cc3Cl)nc2c1. The van der Waals surface area contributed by atoms with Gasteiger partial charge in [-0.25, -0.2) is 4.98 Å². The molecule has 3 aromatic rings. The number of pyridine rings is 1. The highest BCUT2D eigenvalue weighted by Crippen LogP contribution is 2.29. The molecule has 96 valence electrons. The van der Waals surface area contributed by atoms with Crippen LogP contribution in [0.25, 0.3) is 16.9 Å². The summed E-state index contributed by atoms with van der Waals surface area (Å²) < 4.78 is 1.94. The molecule has 0 aliphatic carbocycles. The maximum atomic E-state index is 6.20. The Morgan fingerprint density at radius 2 is 2.00 bits per heavy atom. The molecule has 0 atom stereocenters. The summed E-state index contributed by atoms with van der Waals surface area (Å²) in [7, 11) is 0. The van der Waals surface area contributed by atoms with E-state index in [1.807, 2.05) is 35.0 Å². The van der Waals surface area contributed by atoms with Gasteiger partial charge in [-0.05, 0) is 35.9 Å². The lowest BCUT2D eigenvalue weighted by Crippen LogP contribution is -1.96. The number of nitrogens with two attached hydrogens (primary N) is 1. The third-order valence-electron chi connectivity index (χ3n) is 2.97. The van der Waals surface area contributed by atoms with E-state index >= 15 is 0 Å². The lowest BCUT2D eigenvalue weighted by atomic mass is 10.2. The molecule has 2 heterocycles. The van der Waals surface area contributed by atoms with Gasteiger partial charge in [0.15, 0.2) is 0 Å². The zero-order valence-electron chi connectivity index (χ0n) is 9.98. The Bertz CT molecular complexity index is 750. The van der Waals surface area contributed by atoms with E-state index in [0.29, 0.717) is 16.6 Å². The Labute approximate surface area is 120 Å². The van der Waals surface area contributed by atoms with Crippen LogP contribution in [0.15, 0.2) is 42.7 Å². The Balaban J connectivity index is 2.14. The summed E-state index contributed by atoms with van der Waals surface area (Å²) in [6.45, 7) is 0.500. The number of hydrogen-bond acceptors (Lipinski definition) is 2. The quantitative estimate of drug-likeness (QED) is 0.781. The molecule has 3 nitrogen and oxygen atoms in total. The molecule has 3 rings (SSSR count). The molecular formula is C14H11Cl2N3. The summed E-state index contributed by atoms with van der Waals surface area (Å²) in [4.78, 5) is 4.56. The van der Waals surface area contributed by atoms with Crippen molar-refractivity contribution in [2.45, 2.75) is 6.54 Å². The summed E-state index contributed by atoms with van der Waals surface area (Å²) in [5.41, 5.74) is 9.21. The zero-order valence-corrected chi connectivity index (χ0v) is 11.5. The zero-order chi connectivity index (χ0) is 13.4. The summed E-state index contributed by atoms with van der Waals surface area (Å²) in [5.74, 6) is 0. The van der Waals surface area contributed by atoms with E-state index in [0.717, 1.165) is 22.5 Å². The maximum absolute atomic E-state index is 6.20. The highest BCUT2D eigenvalue weighted by Gasteiger charge is 2.09. The second-order valence-electron chi connectivity index (χ2n) is 4.25. The molecule has 0 saturated carbocycles. The molecule has 0 aliphatic rings. The van der Waals surface area contributed by atoms with Gasteiger partial charge in [-0.3, -0.25) is 0 Å². The molecule has 0 saturated heterocycles. The minimum Gasteiger partial charge on any atom is -0.326 e. The van der Waals surface area contributed by atoms with E-state index in [4.69, 9.17) is 28.9 Å². The number of hydrogen-bond donors (Lipinski definition) is 1. The van der Waals surface area contributed by atoms with Crippen molar-refractivity contribution in [3.63, 3.8) is 0 Å². The topological polar surface area (TPSA) is 43.3 Å². The Morgan fingerprint density at radius 1 is 1.16 bits per heavy atom. The summed E-state index contributed by atoms with van der Waals surface area (Å²) in [6.07, 6.45) is 3.88. The highest BCUT2D eigenvalue weighted by atomic mass is 35.5. The number of aromatic nitrogens is 2. The van der Waals surface area contributed by atoms with Crippen LogP contribution in [-0.2, 0) is 6.54 Å². The van der Waals surface area contributed by atoms with Crippen LogP contribution in [0.1, 0.15) is 5.56 Å². The number of benzene rings is 1. The van der Waals surface area contributed by atoms with Crippen molar-refractivity contribution >= 4 is 28.8 Å². The molecule has 5 heteroatoms. The Hall–Kier alpha value is -1.55. The van der Waals surface area contributed by atoms with Crippen LogP contribution in [0.4, 0.5) is 0 Å². The monoisotopic (exact) mass is 291 g/mol. The van der Waals surface area contributed by atoms with E-state index in [1.54, 1.807) is 12.1 Å². The van der Waals surface area contributed by atoms with Crippen LogP contribution >= 0.6 is 23.2 Å². The molecule has 0 bridgehead atoms. The van der Waals surface area contributed by atoms with Crippen molar-refractivity contribution < 1.29 is 0 Å². The van der Waals surface area contributed by atoms with Gasteiger partial charge in [-0.15, -0.1) is 0 Å². The van der Waals surface area contributed by atoms with Gasteiger partial charge in [0.1, 0.15) is 5.65 Å². The van der Waals surface area contributed by atoms with Crippen LogP contribution < -0.4 is 5.73 Å². The normalized spacial score (nSPS) is 11.1. The molecular weight excluding hydrogens is 281 g/mol. The summed E-state index contributed by atoms with van der Waals surface area (Å²) in [6, 6.07) is 9.33. The average molecular weight is 292 g/mol. The maximum Gasteiger partial charge on any atom is 0.137 e. The van der Waals surface area contributed by atoms with Gasteiger partial charge >= 0.3 is 0 Å². The predicted molar refractivity (Wildman–Crippen MR) is 78.5 cm³/mol. The van der Waals surface area contributed by atoms with Crippen molar-refractivity contribution in [3.05, 3.63) is 58.3 Å².